The SMILES string of the molecule is O=C(O[C@H]1O[C@@H]2CO[C@@H](c3ccccc3)O[C@H]2[C@@H](OCc2ccccc2)[C@@H]1OCc1ccccc1)c1cc(OCc2ccccc2)c(OCc2ccccc2)c(OCc2ccccc2)c1. The van der Waals surface area contributed by atoms with Gasteiger partial charge in [-0.3, -0.25) is 0 Å². The monoisotopic (exact) mass is 870 g/mol. The van der Waals surface area contributed by atoms with Gasteiger partial charge in [-0.05, 0) is 39.9 Å². The van der Waals surface area contributed by atoms with Crippen LogP contribution >= 0.6 is 0 Å². The average molecular weight is 871 g/mol. The van der Waals surface area contributed by atoms with E-state index in [0.29, 0.717) is 17.2 Å². The Labute approximate surface area is 379 Å². The molecule has 0 aromatic heterocycles. The molecule has 330 valence electrons. The molecule has 65 heavy (non-hydrogen) atoms. The third-order valence-electron chi connectivity index (χ3n) is 11.1. The number of esters is 1. The topological polar surface area (TPSA) is 100 Å². The molecule has 0 unspecified atom stereocenters. The molecule has 6 atom stereocenters. The van der Waals surface area contributed by atoms with Crippen molar-refractivity contribution in [3.63, 3.8) is 0 Å². The second kappa shape index (κ2) is 21.7. The van der Waals surface area contributed by atoms with Crippen molar-refractivity contribution in [2.24, 2.45) is 0 Å². The van der Waals surface area contributed by atoms with E-state index in [0.717, 1.165) is 33.4 Å². The van der Waals surface area contributed by atoms with Crippen LogP contribution in [0.25, 0.3) is 0 Å². The third kappa shape index (κ3) is 11.5. The van der Waals surface area contributed by atoms with Crippen molar-refractivity contribution in [1.82, 2.24) is 0 Å². The first-order valence-corrected chi connectivity index (χ1v) is 21.8. The number of hydrogen-bond donors (Lipinski definition) is 0. The molecule has 0 amide bonds. The van der Waals surface area contributed by atoms with Gasteiger partial charge < -0.3 is 42.6 Å². The van der Waals surface area contributed by atoms with Crippen molar-refractivity contribution in [3.05, 3.63) is 233 Å². The molecule has 0 spiro atoms. The quantitative estimate of drug-likeness (QED) is 0.0775. The lowest BCUT2D eigenvalue weighted by Gasteiger charge is -2.48. The zero-order valence-electron chi connectivity index (χ0n) is 35.8. The maximum absolute atomic E-state index is 14.7. The highest BCUT2D eigenvalue weighted by atomic mass is 16.8. The summed E-state index contributed by atoms with van der Waals surface area (Å²) in [5.41, 5.74) is 5.69. The first kappa shape index (κ1) is 43.5. The van der Waals surface area contributed by atoms with Gasteiger partial charge in [-0.25, -0.2) is 4.79 Å². The molecule has 0 radical (unpaired) electrons. The van der Waals surface area contributed by atoms with Gasteiger partial charge in [0, 0.05) is 5.56 Å². The van der Waals surface area contributed by atoms with Crippen molar-refractivity contribution in [3.8, 4) is 17.2 Å². The fourth-order valence-electron chi connectivity index (χ4n) is 7.75. The molecule has 0 bridgehead atoms. The van der Waals surface area contributed by atoms with Gasteiger partial charge in [0.25, 0.3) is 0 Å². The highest BCUT2D eigenvalue weighted by Crippen LogP contribution is 2.42. The number of ether oxygens (including phenoxy) is 9. The van der Waals surface area contributed by atoms with Crippen molar-refractivity contribution in [1.29, 1.82) is 0 Å². The lowest BCUT2D eigenvalue weighted by molar-refractivity contribution is -0.364. The van der Waals surface area contributed by atoms with Crippen molar-refractivity contribution in [2.75, 3.05) is 6.61 Å². The first-order valence-electron chi connectivity index (χ1n) is 21.8. The van der Waals surface area contributed by atoms with Gasteiger partial charge in [0.2, 0.25) is 12.0 Å². The van der Waals surface area contributed by atoms with Gasteiger partial charge in [-0.15, -0.1) is 0 Å². The van der Waals surface area contributed by atoms with E-state index in [4.69, 9.17) is 42.6 Å². The van der Waals surface area contributed by atoms with Crippen LogP contribution in [0.3, 0.4) is 0 Å². The van der Waals surface area contributed by atoms with Gasteiger partial charge in [0.1, 0.15) is 44.2 Å². The number of fused-ring (bicyclic) bond motifs is 1. The molecule has 0 aliphatic carbocycles. The Bertz CT molecular complexity index is 2460. The van der Waals surface area contributed by atoms with E-state index in [1.54, 1.807) is 12.1 Å². The van der Waals surface area contributed by atoms with Crippen LogP contribution in [0, 0.1) is 0 Å². The summed E-state index contributed by atoms with van der Waals surface area (Å²) in [5.74, 6) is 0.242. The van der Waals surface area contributed by atoms with Crippen molar-refractivity contribution in [2.45, 2.75) is 70.0 Å². The summed E-state index contributed by atoms with van der Waals surface area (Å²) >= 11 is 0. The lowest BCUT2D eigenvalue weighted by Crippen LogP contribution is -2.63. The highest BCUT2D eigenvalue weighted by Gasteiger charge is 2.53. The normalized spacial score (nSPS) is 20.2. The number of rotatable bonds is 18. The molecular weight excluding hydrogens is 821 g/mol. The van der Waals surface area contributed by atoms with E-state index in [1.165, 1.54) is 0 Å². The van der Waals surface area contributed by atoms with Gasteiger partial charge in [0.05, 0.1) is 25.4 Å². The van der Waals surface area contributed by atoms with E-state index in [9.17, 15) is 4.79 Å². The Morgan fingerprint density at radius 1 is 0.477 bits per heavy atom. The Balaban J connectivity index is 1.05. The molecule has 2 fully saturated rings. The van der Waals surface area contributed by atoms with Gasteiger partial charge >= 0.3 is 5.97 Å². The predicted molar refractivity (Wildman–Crippen MR) is 243 cm³/mol. The van der Waals surface area contributed by atoms with Crippen LogP contribution < -0.4 is 14.2 Å². The van der Waals surface area contributed by atoms with E-state index in [-0.39, 0.29) is 45.2 Å². The Morgan fingerprint density at radius 3 is 1.37 bits per heavy atom. The molecule has 10 heteroatoms. The Kier molecular flexibility index (Phi) is 14.5. The summed E-state index contributed by atoms with van der Waals surface area (Å²) in [7, 11) is 0. The Morgan fingerprint density at radius 2 is 0.892 bits per heavy atom. The minimum absolute atomic E-state index is 0.150. The minimum atomic E-state index is -1.25. The molecule has 2 aliphatic heterocycles. The van der Waals surface area contributed by atoms with Gasteiger partial charge in [0.15, 0.2) is 17.8 Å². The number of carbonyl (C=O) groups is 1. The van der Waals surface area contributed by atoms with Crippen molar-refractivity contribution < 1.29 is 47.4 Å². The second-order valence-corrected chi connectivity index (χ2v) is 15.8. The van der Waals surface area contributed by atoms with Crippen LogP contribution in [-0.4, -0.2) is 43.3 Å². The van der Waals surface area contributed by atoms with E-state index >= 15 is 0 Å². The fourth-order valence-corrected chi connectivity index (χ4v) is 7.75. The average Bonchev–Trinajstić information content (AvgIpc) is 3.37. The standard InChI is InChI=1S/C55H50O10/c56-53(45-31-46(57-33-39-19-7-1-8-20-39)49(59-35-41-23-11-3-12-24-41)47(32-45)58-34-40-21-9-2-10-22-40)65-55-52(61-37-43-27-15-5-16-28-43)51(60-36-42-25-13-4-14-26-42)50-48(63-55)38-62-54(64-50)44-29-17-6-18-30-44/h1-32,48,50-52,54-55H,33-38H2/t48-,50-,51-,52+,54-,55-/m1/s1. The van der Waals surface area contributed by atoms with Crippen LogP contribution in [0.5, 0.6) is 17.2 Å². The Hall–Kier alpha value is -6.79. The highest BCUT2D eigenvalue weighted by molar-refractivity contribution is 5.91. The summed E-state index contributed by atoms with van der Waals surface area (Å²) in [4.78, 5) is 14.7. The zero-order valence-corrected chi connectivity index (χ0v) is 35.8. The molecule has 2 aliphatic rings. The summed E-state index contributed by atoms with van der Waals surface area (Å²) in [6, 6.07) is 62.0. The second-order valence-electron chi connectivity index (χ2n) is 15.8. The summed E-state index contributed by atoms with van der Waals surface area (Å²) in [5, 5.41) is 0. The maximum Gasteiger partial charge on any atom is 0.340 e. The zero-order chi connectivity index (χ0) is 44.0. The van der Waals surface area contributed by atoms with Crippen LogP contribution in [0.1, 0.15) is 50.0 Å². The predicted octanol–water partition coefficient (Wildman–Crippen LogP) is 10.6. The molecular formula is C55H50O10. The number of benzene rings is 7. The summed E-state index contributed by atoms with van der Waals surface area (Å²) < 4.78 is 58.9. The third-order valence-corrected chi connectivity index (χ3v) is 11.1. The van der Waals surface area contributed by atoms with Crippen LogP contribution in [0.4, 0.5) is 0 Å². The molecule has 2 heterocycles. The first-order chi connectivity index (χ1) is 32.1. The van der Waals surface area contributed by atoms with Crippen LogP contribution in [0.15, 0.2) is 194 Å². The molecule has 0 N–H and O–H groups in total. The largest absolute Gasteiger partial charge is 0.485 e. The summed E-state index contributed by atoms with van der Waals surface area (Å²) in [6.07, 6.45) is -4.93. The smallest absolute Gasteiger partial charge is 0.340 e. The molecule has 2 saturated heterocycles. The fraction of sp³-hybridized carbons (Fsp3) is 0.218. The molecule has 7 aromatic carbocycles. The van der Waals surface area contributed by atoms with E-state index < -0.39 is 43.0 Å². The number of carbonyl (C=O) groups excluding carboxylic acids is 1. The summed E-state index contributed by atoms with van der Waals surface area (Å²) in [6.45, 7) is 1.22. The molecule has 9 rings (SSSR count). The van der Waals surface area contributed by atoms with Gasteiger partial charge in [-0.1, -0.05) is 182 Å². The van der Waals surface area contributed by atoms with Crippen LogP contribution in [-0.2, 0) is 61.5 Å². The molecule has 10 nitrogen and oxygen atoms in total. The van der Waals surface area contributed by atoms with E-state index in [2.05, 4.69) is 0 Å². The van der Waals surface area contributed by atoms with E-state index in [1.807, 2.05) is 182 Å². The van der Waals surface area contributed by atoms with Crippen molar-refractivity contribution >= 4 is 5.97 Å². The maximum atomic E-state index is 14.7. The minimum Gasteiger partial charge on any atom is -0.485 e. The number of hydrogen-bond acceptors (Lipinski definition) is 10. The molecule has 7 aromatic rings. The lowest BCUT2D eigenvalue weighted by atomic mass is 9.97. The van der Waals surface area contributed by atoms with Gasteiger partial charge in [-0.2, -0.15) is 0 Å². The van der Waals surface area contributed by atoms with Crippen LogP contribution in [0.2, 0.25) is 0 Å². The molecule has 0 saturated carbocycles.